The second kappa shape index (κ2) is 4.65. The van der Waals surface area contributed by atoms with Gasteiger partial charge in [-0.3, -0.25) is 19.8 Å². The number of amides is 3. The van der Waals surface area contributed by atoms with Gasteiger partial charge in [-0.05, 0) is 6.92 Å². The van der Waals surface area contributed by atoms with E-state index in [1.165, 1.54) is 11.8 Å². The van der Waals surface area contributed by atoms with Crippen molar-refractivity contribution in [1.29, 1.82) is 0 Å². The smallest absolute Gasteiger partial charge is 0.328 e. The third-order valence-electron chi connectivity index (χ3n) is 3.92. The van der Waals surface area contributed by atoms with Crippen molar-refractivity contribution in [2.24, 2.45) is 0 Å². The molecule has 0 aromatic heterocycles. The van der Waals surface area contributed by atoms with Gasteiger partial charge >= 0.3 is 12.0 Å². The maximum Gasteiger partial charge on any atom is 0.328 e. The van der Waals surface area contributed by atoms with Crippen molar-refractivity contribution in [3.8, 4) is 0 Å². The molecule has 0 bridgehead atoms. The first-order valence-electron chi connectivity index (χ1n) is 6.62. The summed E-state index contributed by atoms with van der Waals surface area (Å²) in [6, 6.07) is -0.620. The Balaban J connectivity index is 1.74. The first-order chi connectivity index (χ1) is 9.86. The minimum Gasteiger partial charge on any atom is -0.460 e. The summed E-state index contributed by atoms with van der Waals surface area (Å²) in [4.78, 5) is 35.9. The molecular weight excluding hydrogens is 284 g/mol. The number of aliphatic hydroxyl groups is 1. The summed E-state index contributed by atoms with van der Waals surface area (Å²) in [5, 5.41) is 11.5. The lowest BCUT2D eigenvalue weighted by atomic mass is 10.1. The number of urea groups is 1. The molecule has 3 saturated heterocycles. The fraction of sp³-hybridized carbons (Fsp3) is 0.750. The van der Waals surface area contributed by atoms with Crippen molar-refractivity contribution in [2.45, 2.75) is 50.5 Å². The molecule has 0 aromatic carbocycles. The topological polar surface area (TPSA) is 118 Å². The van der Waals surface area contributed by atoms with Gasteiger partial charge in [-0.1, -0.05) is 0 Å². The average Bonchev–Trinajstić information content (AvgIpc) is 2.93. The fourth-order valence-corrected chi connectivity index (χ4v) is 2.73. The number of ether oxygens (including phenoxy) is 3. The molecule has 5 atom stereocenters. The van der Waals surface area contributed by atoms with Crippen molar-refractivity contribution < 1.29 is 33.7 Å². The standard InChI is InChI=1S/C12H16N2O7/c1-5(16)19-6-3-8(20-7(6)4-15)14-10-12(2,21-10)9(17)13-11(14)18/h6-8,10,15H,3-4H2,1-2H3,(H,13,17,18)/t6-,7+,8+,10?,12+/m0/s1. The normalized spacial score (nSPS) is 41.6. The molecular formula is C12H16N2O7. The minimum atomic E-state index is -1.06. The fourth-order valence-electron chi connectivity index (χ4n) is 2.73. The molecule has 3 fully saturated rings. The van der Waals surface area contributed by atoms with E-state index in [9.17, 15) is 19.5 Å². The lowest BCUT2D eigenvalue weighted by Crippen LogP contribution is -2.59. The van der Waals surface area contributed by atoms with Gasteiger partial charge in [0.15, 0.2) is 11.8 Å². The number of nitrogens with zero attached hydrogens (tertiary/aromatic N) is 1. The second-order valence-electron chi connectivity index (χ2n) is 5.44. The van der Waals surface area contributed by atoms with Crippen LogP contribution in [-0.4, -0.2) is 64.8 Å². The zero-order valence-electron chi connectivity index (χ0n) is 11.6. The summed E-state index contributed by atoms with van der Waals surface area (Å²) in [7, 11) is 0. The van der Waals surface area contributed by atoms with Crippen LogP contribution in [-0.2, 0) is 23.8 Å². The maximum atomic E-state index is 12.0. The van der Waals surface area contributed by atoms with Crippen molar-refractivity contribution in [2.75, 3.05) is 6.61 Å². The molecule has 0 spiro atoms. The molecule has 1 unspecified atom stereocenters. The molecule has 3 aliphatic rings. The van der Waals surface area contributed by atoms with Crippen LogP contribution in [0.15, 0.2) is 0 Å². The number of nitrogens with one attached hydrogen (secondary N) is 1. The number of esters is 1. The number of fused-ring (bicyclic) bond motifs is 1. The lowest BCUT2D eigenvalue weighted by molar-refractivity contribution is -0.150. The van der Waals surface area contributed by atoms with E-state index in [4.69, 9.17) is 14.2 Å². The SMILES string of the molecule is CC(=O)O[C@H]1C[C@H](N2C(=O)NC(=O)[C@@]3(C)OC23)O[C@@H]1CO. The van der Waals surface area contributed by atoms with E-state index in [1.807, 2.05) is 0 Å². The lowest BCUT2D eigenvalue weighted by Gasteiger charge is -2.30. The minimum absolute atomic E-state index is 0.211. The van der Waals surface area contributed by atoms with Gasteiger partial charge in [0.05, 0.1) is 6.61 Å². The highest BCUT2D eigenvalue weighted by atomic mass is 16.7. The number of imide groups is 1. The van der Waals surface area contributed by atoms with Gasteiger partial charge in [0.1, 0.15) is 18.4 Å². The van der Waals surface area contributed by atoms with E-state index in [1.54, 1.807) is 6.92 Å². The molecule has 9 nitrogen and oxygen atoms in total. The molecule has 2 N–H and O–H groups in total. The summed E-state index contributed by atoms with van der Waals surface area (Å²) < 4.78 is 15.9. The number of carbonyl (C=O) groups is 3. The van der Waals surface area contributed by atoms with E-state index in [0.29, 0.717) is 0 Å². The Morgan fingerprint density at radius 2 is 2.29 bits per heavy atom. The first-order valence-corrected chi connectivity index (χ1v) is 6.62. The maximum absolute atomic E-state index is 12.0. The Labute approximate surface area is 120 Å². The van der Waals surface area contributed by atoms with E-state index >= 15 is 0 Å². The van der Waals surface area contributed by atoms with Crippen LogP contribution in [0.25, 0.3) is 0 Å². The average molecular weight is 300 g/mol. The van der Waals surface area contributed by atoms with E-state index in [-0.39, 0.29) is 13.0 Å². The van der Waals surface area contributed by atoms with E-state index < -0.39 is 48.2 Å². The number of hydrogen-bond donors (Lipinski definition) is 2. The molecule has 0 aromatic rings. The summed E-state index contributed by atoms with van der Waals surface area (Å²) in [6.45, 7) is 2.50. The quantitative estimate of drug-likeness (QED) is 0.491. The molecule has 3 aliphatic heterocycles. The molecule has 3 rings (SSSR count). The number of aliphatic hydroxyl groups excluding tert-OH is 1. The van der Waals surface area contributed by atoms with Crippen LogP contribution in [0.4, 0.5) is 4.79 Å². The Morgan fingerprint density at radius 1 is 1.57 bits per heavy atom. The monoisotopic (exact) mass is 300 g/mol. The van der Waals surface area contributed by atoms with Gasteiger partial charge in [-0.2, -0.15) is 0 Å². The van der Waals surface area contributed by atoms with Gasteiger partial charge in [0, 0.05) is 13.3 Å². The van der Waals surface area contributed by atoms with Crippen LogP contribution < -0.4 is 5.32 Å². The summed E-state index contributed by atoms with van der Waals surface area (Å²) in [5.74, 6) is -0.976. The Hall–Kier alpha value is -1.71. The zero-order chi connectivity index (χ0) is 15.4. The summed E-state index contributed by atoms with van der Waals surface area (Å²) >= 11 is 0. The van der Waals surface area contributed by atoms with Crippen LogP contribution in [0.5, 0.6) is 0 Å². The van der Waals surface area contributed by atoms with Crippen LogP contribution in [0.1, 0.15) is 20.3 Å². The molecule has 9 heteroatoms. The Kier molecular flexibility index (Phi) is 3.15. The molecule has 0 saturated carbocycles. The Morgan fingerprint density at radius 3 is 2.90 bits per heavy atom. The third kappa shape index (κ3) is 2.17. The first kappa shape index (κ1) is 14.2. The molecule has 21 heavy (non-hydrogen) atoms. The van der Waals surface area contributed by atoms with Crippen molar-refractivity contribution in [3.05, 3.63) is 0 Å². The predicted molar refractivity (Wildman–Crippen MR) is 64.6 cm³/mol. The van der Waals surface area contributed by atoms with Gasteiger partial charge in [0.25, 0.3) is 5.91 Å². The highest BCUT2D eigenvalue weighted by molar-refractivity contribution is 6.03. The largest absolute Gasteiger partial charge is 0.460 e. The van der Waals surface area contributed by atoms with Crippen molar-refractivity contribution in [1.82, 2.24) is 10.2 Å². The molecule has 0 aliphatic carbocycles. The number of hydrogen-bond acceptors (Lipinski definition) is 7. The molecule has 3 amide bonds. The number of rotatable bonds is 3. The molecule has 0 radical (unpaired) electrons. The highest BCUT2D eigenvalue weighted by Gasteiger charge is 2.68. The van der Waals surface area contributed by atoms with Crippen LogP contribution in [0, 0.1) is 0 Å². The Bertz CT molecular complexity index is 510. The van der Waals surface area contributed by atoms with Crippen molar-refractivity contribution >= 4 is 17.9 Å². The summed E-state index contributed by atoms with van der Waals surface area (Å²) in [5.41, 5.74) is -1.06. The zero-order valence-corrected chi connectivity index (χ0v) is 11.6. The summed E-state index contributed by atoms with van der Waals surface area (Å²) in [6.07, 6.45) is -2.57. The van der Waals surface area contributed by atoms with E-state index in [2.05, 4.69) is 5.32 Å². The van der Waals surface area contributed by atoms with E-state index in [0.717, 1.165) is 0 Å². The number of epoxide rings is 1. The predicted octanol–water partition coefficient (Wildman–Crippen LogP) is -1.31. The molecule has 116 valence electrons. The van der Waals surface area contributed by atoms with Gasteiger partial charge < -0.3 is 19.3 Å². The van der Waals surface area contributed by atoms with Crippen LogP contribution in [0.3, 0.4) is 0 Å². The number of carbonyl (C=O) groups excluding carboxylic acids is 3. The molecule has 3 heterocycles. The van der Waals surface area contributed by atoms with Crippen LogP contribution in [0.2, 0.25) is 0 Å². The van der Waals surface area contributed by atoms with Crippen LogP contribution >= 0.6 is 0 Å². The third-order valence-corrected chi connectivity index (χ3v) is 3.92. The van der Waals surface area contributed by atoms with Gasteiger partial charge in [-0.25, -0.2) is 4.79 Å². The van der Waals surface area contributed by atoms with Gasteiger partial charge in [-0.15, -0.1) is 0 Å². The van der Waals surface area contributed by atoms with Gasteiger partial charge in [0.2, 0.25) is 0 Å². The second-order valence-corrected chi connectivity index (χ2v) is 5.44. The van der Waals surface area contributed by atoms with Crippen molar-refractivity contribution in [3.63, 3.8) is 0 Å². The highest BCUT2D eigenvalue weighted by Crippen LogP contribution is 2.44.